The molecule has 0 heterocycles. The molecule has 2 heteroatoms. The fraction of sp³-hybridized carbons (Fsp3) is 0.269. The van der Waals surface area contributed by atoms with Crippen LogP contribution in [-0.4, -0.2) is 5.97 Å². The first kappa shape index (κ1) is 19.9. The maximum Gasteiger partial charge on any atom is 0.343 e. The molecule has 0 amide bonds. The molecule has 4 rings (SSSR count). The van der Waals surface area contributed by atoms with Gasteiger partial charge in [0.15, 0.2) is 0 Å². The van der Waals surface area contributed by atoms with Crippen LogP contribution in [0, 0.1) is 13.8 Å². The Labute approximate surface area is 168 Å². The Morgan fingerprint density at radius 1 is 0.750 bits per heavy atom. The average Bonchev–Trinajstić information content (AvgIpc) is 2.92. The standard InChI is InChI=1S/C24H22O2.C2H6/c1-15-5-9-18(10-6-15)26-23(25)17-8-12-20-19-11-7-16(2)13-21(19)24(3,4)22(20)14-17;1-2/h5-14H,1-4H3;1-2H3. The molecule has 0 fully saturated rings. The van der Waals surface area contributed by atoms with Crippen molar-refractivity contribution < 1.29 is 9.53 Å². The van der Waals surface area contributed by atoms with E-state index in [-0.39, 0.29) is 11.4 Å². The summed E-state index contributed by atoms with van der Waals surface area (Å²) in [6.07, 6.45) is 0. The molecule has 0 spiro atoms. The maximum absolute atomic E-state index is 12.6. The fourth-order valence-electron chi connectivity index (χ4n) is 3.75. The highest BCUT2D eigenvalue weighted by atomic mass is 16.5. The fourth-order valence-corrected chi connectivity index (χ4v) is 3.75. The van der Waals surface area contributed by atoms with Crippen molar-refractivity contribution in [3.05, 3.63) is 88.5 Å². The zero-order valence-electron chi connectivity index (χ0n) is 17.6. The van der Waals surface area contributed by atoms with E-state index in [1.165, 1.54) is 27.8 Å². The van der Waals surface area contributed by atoms with E-state index in [4.69, 9.17) is 4.74 Å². The van der Waals surface area contributed by atoms with E-state index >= 15 is 0 Å². The molecule has 0 N–H and O–H groups in total. The summed E-state index contributed by atoms with van der Waals surface area (Å²) in [6.45, 7) is 12.6. The predicted molar refractivity (Wildman–Crippen MR) is 116 cm³/mol. The number of fused-ring (bicyclic) bond motifs is 3. The Morgan fingerprint density at radius 2 is 1.29 bits per heavy atom. The SMILES string of the molecule is CC.Cc1ccc(OC(=O)c2ccc3c(c2)C(C)(C)c2cc(C)ccc2-3)cc1. The van der Waals surface area contributed by atoms with Crippen molar-refractivity contribution in [2.24, 2.45) is 0 Å². The number of aryl methyl sites for hydroxylation is 2. The number of carbonyl (C=O) groups excluding carboxylic acids is 1. The van der Waals surface area contributed by atoms with Gasteiger partial charge < -0.3 is 4.74 Å². The minimum atomic E-state index is -0.320. The van der Waals surface area contributed by atoms with Gasteiger partial charge in [-0.3, -0.25) is 0 Å². The van der Waals surface area contributed by atoms with Gasteiger partial charge in [0.25, 0.3) is 0 Å². The number of carbonyl (C=O) groups is 1. The molecule has 0 aliphatic heterocycles. The van der Waals surface area contributed by atoms with Gasteiger partial charge in [-0.2, -0.15) is 0 Å². The summed E-state index contributed by atoms with van der Waals surface area (Å²) in [4.78, 5) is 12.6. The first-order valence-corrected chi connectivity index (χ1v) is 9.91. The predicted octanol–water partition coefficient (Wildman–Crippen LogP) is 6.86. The summed E-state index contributed by atoms with van der Waals surface area (Å²) in [5, 5.41) is 0. The summed E-state index contributed by atoms with van der Waals surface area (Å²) in [5.41, 5.74) is 7.80. The summed E-state index contributed by atoms with van der Waals surface area (Å²) in [5.74, 6) is 0.249. The molecule has 0 radical (unpaired) electrons. The minimum absolute atomic E-state index is 0.128. The van der Waals surface area contributed by atoms with Crippen molar-refractivity contribution in [2.75, 3.05) is 0 Å². The average molecular weight is 373 g/mol. The smallest absolute Gasteiger partial charge is 0.343 e. The lowest BCUT2D eigenvalue weighted by Crippen LogP contribution is -2.16. The molecule has 2 nitrogen and oxygen atoms in total. The zero-order chi connectivity index (χ0) is 20.5. The number of rotatable bonds is 2. The quantitative estimate of drug-likeness (QED) is 0.363. The second kappa shape index (κ2) is 7.63. The molecule has 0 atom stereocenters. The lowest BCUT2D eigenvalue weighted by Gasteiger charge is -2.22. The van der Waals surface area contributed by atoms with Gasteiger partial charge in [-0.05, 0) is 60.4 Å². The number of ether oxygens (including phenoxy) is 1. The topological polar surface area (TPSA) is 26.3 Å². The normalized spacial score (nSPS) is 13.1. The van der Waals surface area contributed by atoms with Crippen molar-refractivity contribution in [2.45, 2.75) is 47.0 Å². The third-order valence-corrected chi connectivity index (χ3v) is 5.30. The number of hydrogen-bond donors (Lipinski definition) is 0. The molecule has 3 aromatic carbocycles. The van der Waals surface area contributed by atoms with Crippen LogP contribution < -0.4 is 4.74 Å². The van der Waals surface area contributed by atoms with E-state index in [0.29, 0.717) is 11.3 Å². The van der Waals surface area contributed by atoms with Crippen LogP contribution in [0.4, 0.5) is 0 Å². The molecule has 0 aromatic heterocycles. The van der Waals surface area contributed by atoms with E-state index in [1.54, 1.807) is 0 Å². The highest BCUT2D eigenvalue weighted by Crippen LogP contribution is 2.49. The number of esters is 1. The monoisotopic (exact) mass is 372 g/mol. The minimum Gasteiger partial charge on any atom is -0.423 e. The van der Waals surface area contributed by atoms with Gasteiger partial charge in [0, 0.05) is 5.41 Å². The van der Waals surface area contributed by atoms with E-state index in [9.17, 15) is 4.79 Å². The lowest BCUT2D eigenvalue weighted by atomic mass is 9.81. The van der Waals surface area contributed by atoms with Gasteiger partial charge in [-0.25, -0.2) is 4.79 Å². The molecule has 0 saturated heterocycles. The van der Waals surface area contributed by atoms with Gasteiger partial charge in [0.1, 0.15) is 5.75 Å². The van der Waals surface area contributed by atoms with Crippen LogP contribution in [0.5, 0.6) is 5.75 Å². The molecular formula is C26H28O2. The Balaban J connectivity index is 0.00000109. The van der Waals surface area contributed by atoms with Crippen molar-refractivity contribution in [3.63, 3.8) is 0 Å². The highest BCUT2D eigenvalue weighted by Gasteiger charge is 2.36. The maximum atomic E-state index is 12.6. The molecule has 0 bridgehead atoms. The van der Waals surface area contributed by atoms with Gasteiger partial charge in [0.05, 0.1) is 5.56 Å². The first-order valence-electron chi connectivity index (χ1n) is 9.91. The summed E-state index contributed by atoms with van der Waals surface area (Å²) in [7, 11) is 0. The summed E-state index contributed by atoms with van der Waals surface area (Å²) >= 11 is 0. The van der Waals surface area contributed by atoms with Crippen LogP contribution in [0.2, 0.25) is 0 Å². The third-order valence-electron chi connectivity index (χ3n) is 5.30. The van der Waals surface area contributed by atoms with Crippen LogP contribution in [-0.2, 0) is 5.41 Å². The van der Waals surface area contributed by atoms with Gasteiger partial charge >= 0.3 is 5.97 Å². The Morgan fingerprint density at radius 3 is 1.93 bits per heavy atom. The molecule has 0 unspecified atom stereocenters. The van der Waals surface area contributed by atoms with Crippen molar-refractivity contribution in [1.29, 1.82) is 0 Å². The Hall–Kier alpha value is -2.87. The largest absolute Gasteiger partial charge is 0.423 e. The van der Waals surface area contributed by atoms with Crippen LogP contribution in [0.1, 0.15) is 60.3 Å². The second-order valence-electron chi connectivity index (χ2n) is 7.64. The lowest BCUT2D eigenvalue weighted by molar-refractivity contribution is 0.0734. The van der Waals surface area contributed by atoms with Gasteiger partial charge in [-0.15, -0.1) is 0 Å². The first-order chi connectivity index (χ1) is 13.4. The van der Waals surface area contributed by atoms with E-state index in [2.05, 4.69) is 39.0 Å². The molecule has 144 valence electrons. The van der Waals surface area contributed by atoms with Crippen molar-refractivity contribution in [3.8, 4) is 16.9 Å². The molecule has 28 heavy (non-hydrogen) atoms. The van der Waals surface area contributed by atoms with Crippen molar-refractivity contribution >= 4 is 5.97 Å². The Kier molecular flexibility index (Phi) is 5.42. The third kappa shape index (κ3) is 3.47. The highest BCUT2D eigenvalue weighted by molar-refractivity contribution is 5.93. The van der Waals surface area contributed by atoms with E-state index in [0.717, 1.165) is 5.56 Å². The zero-order valence-corrected chi connectivity index (χ0v) is 17.6. The van der Waals surface area contributed by atoms with Crippen LogP contribution >= 0.6 is 0 Å². The second-order valence-corrected chi connectivity index (χ2v) is 7.64. The van der Waals surface area contributed by atoms with E-state index in [1.807, 2.05) is 63.2 Å². The van der Waals surface area contributed by atoms with Crippen LogP contribution in [0.15, 0.2) is 60.7 Å². The Bertz CT molecular complexity index is 1010. The number of hydrogen-bond acceptors (Lipinski definition) is 2. The number of benzene rings is 3. The molecule has 3 aromatic rings. The van der Waals surface area contributed by atoms with Crippen LogP contribution in [0.25, 0.3) is 11.1 Å². The molecule has 1 aliphatic carbocycles. The van der Waals surface area contributed by atoms with Crippen LogP contribution in [0.3, 0.4) is 0 Å². The van der Waals surface area contributed by atoms with Gasteiger partial charge in [0.2, 0.25) is 0 Å². The molecule has 0 saturated carbocycles. The van der Waals surface area contributed by atoms with Crippen molar-refractivity contribution in [1.82, 2.24) is 0 Å². The summed E-state index contributed by atoms with van der Waals surface area (Å²) < 4.78 is 5.54. The molecule has 1 aliphatic rings. The summed E-state index contributed by atoms with van der Waals surface area (Å²) in [6, 6.07) is 20.0. The van der Waals surface area contributed by atoms with E-state index < -0.39 is 0 Å². The molecular weight excluding hydrogens is 344 g/mol. The van der Waals surface area contributed by atoms with Gasteiger partial charge in [-0.1, -0.05) is 75.2 Å².